The van der Waals surface area contributed by atoms with Crippen molar-refractivity contribution in [2.24, 2.45) is 5.92 Å². The van der Waals surface area contributed by atoms with Crippen LogP contribution in [0.25, 0.3) is 0 Å². The Labute approximate surface area is 156 Å². The highest BCUT2D eigenvalue weighted by molar-refractivity contribution is 5.53. The fourth-order valence-corrected chi connectivity index (χ4v) is 3.44. The normalized spacial score (nSPS) is 36.0. The molecule has 1 N–H and O–H groups in total. The lowest BCUT2D eigenvalue weighted by Crippen LogP contribution is -2.45. The molecule has 0 bridgehead atoms. The van der Waals surface area contributed by atoms with Gasteiger partial charge < -0.3 is 9.84 Å². The number of unbranched alkanes of at least 4 members (excludes halogenated alkanes) is 2. The summed E-state index contributed by atoms with van der Waals surface area (Å²) in [5.74, 6) is -3.03. The predicted molar refractivity (Wildman–Crippen MR) is 95.3 cm³/mol. The second kappa shape index (κ2) is 6.22. The van der Waals surface area contributed by atoms with Crippen LogP contribution in [0.5, 0.6) is 11.5 Å². The molecule has 2 heteroatoms. The van der Waals surface area contributed by atoms with Gasteiger partial charge in [-0.25, -0.2) is 0 Å². The van der Waals surface area contributed by atoms with Gasteiger partial charge in [-0.2, -0.15) is 0 Å². The Hall–Kier alpha value is -1.44. The van der Waals surface area contributed by atoms with E-state index in [4.69, 9.17) is 19.8 Å². The fourth-order valence-electron chi connectivity index (χ4n) is 3.44. The summed E-state index contributed by atoms with van der Waals surface area (Å²) in [5.41, 5.74) is -2.61. The van der Waals surface area contributed by atoms with Gasteiger partial charge in [0.15, 0.2) is 0 Å². The molecule has 0 spiro atoms. The maximum atomic E-state index is 10.9. The van der Waals surface area contributed by atoms with Gasteiger partial charge in [-0.05, 0) is 63.9 Å². The van der Waals surface area contributed by atoms with Crippen LogP contribution in [0.1, 0.15) is 91.7 Å². The van der Waals surface area contributed by atoms with E-state index in [9.17, 15) is 5.11 Å². The van der Waals surface area contributed by atoms with E-state index in [1.54, 1.807) is 0 Å². The molecule has 126 valence electrons. The number of allylic oxidation sites excluding steroid dienone is 2. The van der Waals surface area contributed by atoms with Crippen LogP contribution in [-0.4, -0.2) is 10.7 Å². The first-order valence-electron chi connectivity index (χ1n) is 13.6. The molecule has 2 aliphatic rings. The summed E-state index contributed by atoms with van der Waals surface area (Å²) in [4.78, 5) is 0. The molecular formula is C21H30O2. The molecule has 1 aromatic rings. The average molecular weight is 326 g/mol. The number of phenolic OH excluding ortho intramolecular Hbond substituents is 1. The Morgan fingerprint density at radius 1 is 1.39 bits per heavy atom. The van der Waals surface area contributed by atoms with Crippen LogP contribution in [-0.2, 0) is 6.42 Å². The summed E-state index contributed by atoms with van der Waals surface area (Å²) in [6.45, 7) is -7.20. The van der Waals surface area contributed by atoms with Gasteiger partial charge in [0.2, 0.25) is 0 Å². The van der Waals surface area contributed by atoms with Crippen molar-refractivity contribution >= 4 is 0 Å². The molecule has 2 nitrogen and oxygen atoms in total. The topological polar surface area (TPSA) is 29.5 Å². The van der Waals surface area contributed by atoms with Gasteiger partial charge in [0.1, 0.15) is 17.1 Å². The lowest BCUT2D eigenvalue weighted by Gasteiger charge is -2.46. The van der Waals surface area contributed by atoms with Crippen molar-refractivity contribution in [3.63, 3.8) is 0 Å². The number of fused-ring (bicyclic) bond motifs is 3. The molecule has 0 amide bonds. The number of ether oxygens (including phenoxy) is 1. The van der Waals surface area contributed by atoms with Crippen molar-refractivity contribution < 1.29 is 24.9 Å². The number of phenols is 1. The number of aryl methyl sites for hydroxylation is 1. The molecule has 0 saturated carbocycles. The van der Waals surface area contributed by atoms with E-state index in [1.807, 2.05) is 6.92 Å². The average Bonchev–Trinajstić information content (AvgIpc) is 2.63. The SMILES string of the molecule is [2H]C([2H])([2H])C1=C[C@H]2c3c(O)cc(CCCCC)cc3OC(C([2H])([2H])[2H])(C([2H])([2H])[2H])[C@@H]2CC1([2H])[2H]. The smallest absolute Gasteiger partial charge is 0.127 e. The third-order valence-electron chi connectivity index (χ3n) is 4.67. The Morgan fingerprint density at radius 2 is 2.26 bits per heavy atom. The van der Waals surface area contributed by atoms with Gasteiger partial charge in [0, 0.05) is 32.5 Å². The minimum absolute atomic E-state index is 0.0885. The Balaban J connectivity index is 2.33. The van der Waals surface area contributed by atoms with Crippen LogP contribution in [0.3, 0.4) is 0 Å². The van der Waals surface area contributed by atoms with E-state index in [0.717, 1.165) is 25.3 Å². The number of rotatable bonds is 4. The van der Waals surface area contributed by atoms with Crippen LogP contribution >= 0.6 is 0 Å². The zero-order valence-electron chi connectivity index (χ0n) is 24.3. The molecule has 3 rings (SSSR count). The summed E-state index contributed by atoms with van der Waals surface area (Å²) in [6.07, 6.45) is 1.14. The van der Waals surface area contributed by atoms with Crippen molar-refractivity contribution in [2.75, 3.05) is 0 Å². The lowest BCUT2D eigenvalue weighted by atomic mass is 9.68. The zero-order chi connectivity index (χ0) is 25.9. The first-order chi connectivity index (χ1) is 15.4. The van der Waals surface area contributed by atoms with Crippen molar-refractivity contribution in [3.8, 4) is 11.5 Å². The van der Waals surface area contributed by atoms with Crippen molar-refractivity contribution in [2.45, 2.75) is 77.5 Å². The van der Waals surface area contributed by atoms with Gasteiger partial charge in [-0.15, -0.1) is 0 Å². The highest BCUT2D eigenvalue weighted by Gasteiger charge is 2.45. The molecule has 0 radical (unpaired) electrons. The van der Waals surface area contributed by atoms with Crippen LogP contribution in [0, 0.1) is 5.92 Å². The maximum absolute atomic E-state index is 10.9. The largest absolute Gasteiger partial charge is 0.507 e. The zero-order valence-corrected chi connectivity index (χ0v) is 13.3. The van der Waals surface area contributed by atoms with Gasteiger partial charge in [-0.1, -0.05) is 31.4 Å². The monoisotopic (exact) mass is 325 g/mol. The molecule has 2 atom stereocenters. The number of hydrogen-bond donors (Lipinski definition) is 1. The van der Waals surface area contributed by atoms with Gasteiger partial charge >= 0.3 is 0 Å². The second-order valence-electron chi connectivity index (χ2n) is 6.42. The standard InChI is InChI=1S/C21H30O2/c1-5-6-7-8-15-12-18(22)20-16-11-14(2)9-10-17(16)21(3,4)23-19(20)13-15/h11-13,16-17,22H,5-10H2,1-4H3/t16-,17-/m1/s1/i2D3,3D3,4D3,9D2. The van der Waals surface area contributed by atoms with E-state index >= 15 is 0 Å². The number of aromatic hydroxyl groups is 1. The summed E-state index contributed by atoms with van der Waals surface area (Å²) in [5, 5.41) is 10.9. The molecule has 1 heterocycles. The summed E-state index contributed by atoms with van der Waals surface area (Å²) in [6, 6.07) is 3.01. The van der Waals surface area contributed by atoms with E-state index in [0.29, 0.717) is 12.0 Å². The minimum atomic E-state index is -3.20. The molecule has 1 aliphatic heterocycles. The molecule has 0 saturated heterocycles. The second-order valence-corrected chi connectivity index (χ2v) is 6.42. The van der Waals surface area contributed by atoms with Gasteiger partial charge in [0.05, 0.1) is 0 Å². The summed E-state index contributed by atoms with van der Waals surface area (Å²) >= 11 is 0. The lowest BCUT2D eigenvalue weighted by molar-refractivity contribution is 0.0107. The third-order valence-corrected chi connectivity index (χ3v) is 4.67. The molecular weight excluding hydrogens is 284 g/mol. The predicted octanol–water partition coefficient (Wildman–Crippen LogP) is 5.74. The van der Waals surface area contributed by atoms with Crippen LogP contribution in [0.15, 0.2) is 23.8 Å². The fraction of sp³-hybridized carbons (Fsp3) is 0.619. The van der Waals surface area contributed by atoms with Gasteiger partial charge in [0.25, 0.3) is 0 Å². The molecule has 0 aromatic heterocycles. The quantitative estimate of drug-likeness (QED) is 0.565. The summed E-state index contributed by atoms with van der Waals surface area (Å²) in [7, 11) is 0. The van der Waals surface area contributed by atoms with Crippen LogP contribution < -0.4 is 4.74 Å². The maximum Gasteiger partial charge on any atom is 0.127 e. The highest BCUT2D eigenvalue weighted by atomic mass is 16.5. The highest BCUT2D eigenvalue weighted by Crippen LogP contribution is 2.53. The Kier molecular flexibility index (Phi) is 2.06. The number of hydrogen-bond acceptors (Lipinski definition) is 2. The van der Waals surface area contributed by atoms with E-state index < -0.39 is 56.4 Å². The number of benzene rings is 1. The van der Waals surface area contributed by atoms with E-state index in [-0.39, 0.29) is 17.1 Å². The molecule has 23 heavy (non-hydrogen) atoms. The Morgan fingerprint density at radius 3 is 3.00 bits per heavy atom. The van der Waals surface area contributed by atoms with Crippen LogP contribution in [0.4, 0.5) is 0 Å². The third kappa shape index (κ3) is 3.13. The molecule has 1 aromatic carbocycles. The first-order valence-corrected chi connectivity index (χ1v) is 8.14. The van der Waals surface area contributed by atoms with Crippen LogP contribution in [0.2, 0.25) is 0 Å². The van der Waals surface area contributed by atoms with Gasteiger partial charge in [-0.3, -0.25) is 0 Å². The van der Waals surface area contributed by atoms with E-state index in [2.05, 4.69) is 0 Å². The van der Waals surface area contributed by atoms with Crippen molar-refractivity contribution in [1.82, 2.24) is 0 Å². The molecule has 0 fully saturated rings. The molecule has 0 unspecified atom stereocenters. The first kappa shape index (κ1) is 7.63. The molecule has 1 aliphatic carbocycles. The van der Waals surface area contributed by atoms with Crippen molar-refractivity contribution in [1.29, 1.82) is 0 Å². The van der Waals surface area contributed by atoms with Crippen molar-refractivity contribution in [3.05, 3.63) is 34.9 Å². The summed E-state index contributed by atoms with van der Waals surface area (Å²) < 4.78 is 95.0. The Bertz CT molecular complexity index is 943. The van der Waals surface area contributed by atoms with E-state index in [1.165, 1.54) is 12.1 Å². The minimum Gasteiger partial charge on any atom is -0.507 e.